The first-order valence-electron chi connectivity index (χ1n) is 9.95. The summed E-state index contributed by atoms with van der Waals surface area (Å²) in [5.74, 6) is 0.0905. The zero-order valence-electron chi connectivity index (χ0n) is 18.5. The van der Waals surface area contributed by atoms with E-state index in [0.29, 0.717) is 23.4 Å². The van der Waals surface area contributed by atoms with Gasteiger partial charge in [-0.2, -0.15) is 9.59 Å². The number of hydrogen-bond donors (Lipinski definition) is 3. The molecule has 8 nitrogen and oxygen atoms in total. The second-order valence-electron chi connectivity index (χ2n) is 7.08. The van der Waals surface area contributed by atoms with Gasteiger partial charge in [0.25, 0.3) is 5.91 Å². The fraction of sp³-hybridized carbons (Fsp3) is 0.160. The number of anilines is 1. The summed E-state index contributed by atoms with van der Waals surface area (Å²) in [5, 5.41) is 15.3. The van der Waals surface area contributed by atoms with Gasteiger partial charge in [0.15, 0.2) is 0 Å². The van der Waals surface area contributed by atoms with Crippen LogP contribution in [0.2, 0.25) is 0 Å². The van der Waals surface area contributed by atoms with E-state index in [1.165, 1.54) is 18.7 Å². The number of rotatable bonds is 7. The molecule has 0 fully saturated rings. The molecule has 0 unspecified atom stereocenters. The molecule has 0 aliphatic rings. The Labute approximate surface area is 191 Å². The summed E-state index contributed by atoms with van der Waals surface area (Å²) >= 11 is 0. The van der Waals surface area contributed by atoms with E-state index < -0.39 is 5.97 Å². The lowest BCUT2D eigenvalue weighted by atomic mass is 9.97. The van der Waals surface area contributed by atoms with Crippen molar-refractivity contribution < 1.29 is 29.0 Å². The number of carbonyl (C=O) groups excluding carboxylic acids is 3. The Morgan fingerprint density at radius 3 is 2.00 bits per heavy atom. The minimum atomic E-state index is -1.07. The van der Waals surface area contributed by atoms with E-state index in [1.807, 2.05) is 55.5 Å². The third kappa shape index (κ3) is 7.05. The number of ether oxygens (including phenoxy) is 1. The lowest BCUT2D eigenvalue weighted by Crippen LogP contribution is -2.20. The minimum Gasteiger partial charge on any atom is -0.478 e. The Kier molecular flexibility index (Phi) is 8.91. The van der Waals surface area contributed by atoms with Gasteiger partial charge in [-0.05, 0) is 73.5 Å². The number of aryl methyl sites for hydroxylation is 2. The van der Waals surface area contributed by atoms with E-state index >= 15 is 0 Å². The number of carbonyl (C=O) groups is 2. The molecule has 170 valence electrons. The van der Waals surface area contributed by atoms with Crippen molar-refractivity contribution in [3.63, 3.8) is 0 Å². The van der Waals surface area contributed by atoms with E-state index in [-0.39, 0.29) is 17.6 Å². The van der Waals surface area contributed by atoms with Crippen LogP contribution in [0.3, 0.4) is 0 Å². The molecule has 3 aromatic rings. The van der Waals surface area contributed by atoms with Crippen molar-refractivity contribution in [3.8, 4) is 11.5 Å². The Bertz CT molecular complexity index is 1150. The van der Waals surface area contributed by atoms with Gasteiger partial charge in [0.05, 0.1) is 5.56 Å². The van der Waals surface area contributed by atoms with Crippen molar-refractivity contribution in [2.75, 3.05) is 12.4 Å². The summed E-state index contributed by atoms with van der Waals surface area (Å²) in [6.45, 7) is 4.14. The summed E-state index contributed by atoms with van der Waals surface area (Å²) < 4.78 is 5.82. The normalized spacial score (nSPS) is 9.67. The Morgan fingerprint density at radius 1 is 0.939 bits per heavy atom. The predicted molar refractivity (Wildman–Crippen MR) is 122 cm³/mol. The van der Waals surface area contributed by atoms with Crippen molar-refractivity contribution in [3.05, 3.63) is 88.5 Å². The summed E-state index contributed by atoms with van der Waals surface area (Å²) in [7, 11) is 1.51. The van der Waals surface area contributed by atoms with Crippen LogP contribution >= 0.6 is 0 Å². The maximum Gasteiger partial charge on any atom is 0.373 e. The highest BCUT2D eigenvalue weighted by Crippen LogP contribution is 2.24. The lowest BCUT2D eigenvalue weighted by Gasteiger charge is -2.14. The van der Waals surface area contributed by atoms with E-state index in [0.717, 1.165) is 17.0 Å². The number of nitrogens with one attached hydrogen (secondary N) is 2. The average molecular weight is 448 g/mol. The van der Waals surface area contributed by atoms with Crippen LogP contribution in [-0.2, 0) is 16.1 Å². The van der Waals surface area contributed by atoms with Crippen LogP contribution in [0.25, 0.3) is 0 Å². The molecule has 0 saturated heterocycles. The average Bonchev–Trinajstić information content (AvgIpc) is 2.80. The Hall–Kier alpha value is -4.42. The highest BCUT2D eigenvalue weighted by atomic mass is 16.5. The molecule has 3 rings (SSSR count). The number of carboxylic acids is 1. The maximum atomic E-state index is 11.9. The molecule has 0 spiro atoms. The monoisotopic (exact) mass is 448 g/mol. The zero-order chi connectivity index (χ0) is 24.4. The van der Waals surface area contributed by atoms with E-state index in [2.05, 4.69) is 10.6 Å². The molecule has 0 atom stereocenters. The van der Waals surface area contributed by atoms with Crippen molar-refractivity contribution in [2.24, 2.45) is 0 Å². The first kappa shape index (κ1) is 24.8. The predicted octanol–water partition coefficient (Wildman–Crippen LogP) is 4.18. The molecule has 0 aliphatic carbocycles. The minimum absolute atomic E-state index is 0.112. The topological polar surface area (TPSA) is 122 Å². The number of benzene rings is 3. The smallest absolute Gasteiger partial charge is 0.373 e. The van der Waals surface area contributed by atoms with Crippen LogP contribution in [0, 0.1) is 13.8 Å². The van der Waals surface area contributed by atoms with Gasteiger partial charge in [-0.1, -0.05) is 17.7 Å². The quantitative estimate of drug-likeness (QED) is 0.496. The molecule has 0 saturated carbocycles. The van der Waals surface area contributed by atoms with Crippen molar-refractivity contribution in [1.29, 1.82) is 0 Å². The number of hydrogen-bond acceptors (Lipinski definition) is 6. The van der Waals surface area contributed by atoms with Gasteiger partial charge in [0.1, 0.15) is 11.5 Å². The molecule has 33 heavy (non-hydrogen) atoms. The third-order valence-electron chi connectivity index (χ3n) is 4.77. The van der Waals surface area contributed by atoms with Gasteiger partial charge in [-0.3, -0.25) is 4.79 Å². The fourth-order valence-electron chi connectivity index (χ4n) is 3.09. The van der Waals surface area contributed by atoms with Crippen LogP contribution in [0.5, 0.6) is 11.5 Å². The molecule has 0 aliphatic heterocycles. The van der Waals surface area contributed by atoms with Crippen molar-refractivity contribution >= 4 is 23.7 Å². The second-order valence-corrected chi connectivity index (χ2v) is 7.08. The summed E-state index contributed by atoms with van der Waals surface area (Å²) in [4.78, 5) is 39.8. The first-order chi connectivity index (χ1) is 15.8. The van der Waals surface area contributed by atoms with Gasteiger partial charge >= 0.3 is 12.1 Å². The number of carboxylic acid groups (broad SMARTS) is 1. The number of amides is 1. The summed E-state index contributed by atoms with van der Waals surface area (Å²) in [6, 6.07) is 18.4. The van der Waals surface area contributed by atoms with Crippen LogP contribution in [-0.4, -0.2) is 30.2 Å². The zero-order valence-corrected chi connectivity index (χ0v) is 18.5. The van der Waals surface area contributed by atoms with Crippen LogP contribution in [0.15, 0.2) is 60.7 Å². The molecular formula is C25H24N2O6. The van der Waals surface area contributed by atoms with Gasteiger partial charge < -0.3 is 20.5 Å². The molecule has 3 aromatic carbocycles. The van der Waals surface area contributed by atoms with Gasteiger partial charge in [0.2, 0.25) is 0 Å². The molecule has 8 heteroatoms. The Balaban J connectivity index is 0.00000122. The van der Waals surface area contributed by atoms with Gasteiger partial charge in [-0.25, -0.2) is 4.79 Å². The van der Waals surface area contributed by atoms with Gasteiger partial charge in [-0.15, -0.1) is 0 Å². The van der Waals surface area contributed by atoms with E-state index in [1.54, 1.807) is 13.0 Å². The molecule has 3 N–H and O–H groups in total. The van der Waals surface area contributed by atoms with Crippen LogP contribution in [0.1, 0.15) is 37.4 Å². The SMILES string of the molecule is CNC(=O)c1cc(C)c(CNc2ccc(Oc3ccc(C)cc3)cc2)c(C(=O)O)c1.O=C=O. The molecule has 0 radical (unpaired) electrons. The highest BCUT2D eigenvalue weighted by molar-refractivity contribution is 5.98. The van der Waals surface area contributed by atoms with Crippen LogP contribution in [0.4, 0.5) is 5.69 Å². The van der Waals surface area contributed by atoms with E-state index in [9.17, 15) is 14.7 Å². The fourth-order valence-corrected chi connectivity index (χ4v) is 3.09. The molecule has 0 bridgehead atoms. The molecule has 0 aromatic heterocycles. The largest absolute Gasteiger partial charge is 0.478 e. The molecule has 0 heterocycles. The van der Waals surface area contributed by atoms with Crippen molar-refractivity contribution in [1.82, 2.24) is 5.32 Å². The van der Waals surface area contributed by atoms with E-state index in [4.69, 9.17) is 14.3 Å². The second kappa shape index (κ2) is 11.8. The van der Waals surface area contributed by atoms with Crippen molar-refractivity contribution in [2.45, 2.75) is 20.4 Å². The Morgan fingerprint density at radius 2 is 1.48 bits per heavy atom. The van der Waals surface area contributed by atoms with Crippen LogP contribution < -0.4 is 15.4 Å². The first-order valence-corrected chi connectivity index (χ1v) is 9.95. The standard InChI is InChI=1S/C24H24N2O4.CO2/c1-15-4-8-19(9-5-15)30-20-10-6-18(7-11-20)26-14-22-16(2)12-17(23(27)25-3)13-21(22)24(28)29;2-1-3/h4-13,26H,14H2,1-3H3,(H,25,27)(H,28,29);. The third-order valence-corrected chi connectivity index (χ3v) is 4.77. The number of aromatic carboxylic acids is 1. The maximum absolute atomic E-state index is 11.9. The summed E-state index contributed by atoms with van der Waals surface area (Å²) in [5.41, 5.74) is 3.81. The highest BCUT2D eigenvalue weighted by Gasteiger charge is 2.16. The molecular weight excluding hydrogens is 424 g/mol. The lowest BCUT2D eigenvalue weighted by molar-refractivity contribution is -0.191. The summed E-state index contributed by atoms with van der Waals surface area (Å²) in [6.07, 6.45) is 0.250. The van der Waals surface area contributed by atoms with Gasteiger partial charge in [0, 0.05) is 24.8 Å². The molecule has 1 amide bonds.